The maximum absolute atomic E-state index is 5.56. The van der Waals surface area contributed by atoms with Gasteiger partial charge in [0, 0.05) is 25.2 Å². The van der Waals surface area contributed by atoms with Crippen LogP contribution in [0.1, 0.15) is 37.3 Å². The summed E-state index contributed by atoms with van der Waals surface area (Å²) in [7, 11) is 0. The zero-order valence-electron chi connectivity index (χ0n) is 19.6. The summed E-state index contributed by atoms with van der Waals surface area (Å²) in [6, 6.07) is 0. The lowest BCUT2D eigenvalue weighted by atomic mass is 10.2. The Hall–Kier alpha value is -2.92. The zero-order valence-corrected chi connectivity index (χ0v) is 21.2. The first-order chi connectivity index (χ1) is 16.8. The minimum Gasteiger partial charge on any atom is -0.341 e. The Balaban J connectivity index is 0.000000970. The summed E-state index contributed by atoms with van der Waals surface area (Å²) in [6.45, 7) is 13.4. The summed E-state index contributed by atoms with van der Waals surface area (Å²) in [5.41, 5.74) is 13.1. The third-order valence-corrected chi connectivity index (χ3v) is 6.92. The smallest absolute Gasteiger partial charge is 0.152 e. The average molecular weight is 499 g/mol. The van der Waals surface area contributed by atoms with Gasteiger partial charge < -0.3 is 21.4 Å². The van der Waals surface area contributed by atoms with Gasteiger partial charge in [0.05, 0.1) is 33.5 Å². The van der Waals surface area contributed by atoms with E-state index in [9.17, 15) is 0 Å². The van der Waals surface area contributed by atoms with E-state index in [4.69, 9.17) is 11.5 Å². The molecule has 0 radical (unpaired) electrons. The molecule has 0 aliphatic carbocycles. The zero-order chi connectivity index (χ0) is 24.8. The lowest BCUT2D eigenvalue weighted by Crippen LogP contribution is -1.99. The third kappa shape index (κ3) is 7.56. The van der Waals surface area contributed by atoms with E-state index in [2.05, 4.69) is 56.2 Å². The van der Waals surface area contributed by atoms with Crippen LogP contribution in [0.4, 0.5) is 0 Å². The molecule has 0 saturated heterocycles. The lowest BCUT2D eigenvalue weighted by molar-refractivity contribution is 0.723. The van der Waals surface area contributed by atoms with Crippen LogP contribution in [0.15, 0.2) is 51.1 Å². The Labute approximate surface area is 209 Å². The van der Waals surface area contributed by atoms with E-state index in [1.54, 1.807) is 22.7 Å². The molecule has 0 fully saturated rings. The fourth-order valence-corrected chi connectivity index (χ4v) is 4.89. The quantitative estimate of drug-likeness (QED) is 0.165. The van der Waals surface area contributed by atoms with Crippen molar-refractivity contribution in [3.05, 3.63) is 62.8 Å². The van der Waals surface area contributed by atoms with Crippen molar-refractivity contribution < 1.29 is 0 Å². The Morgan fingerprint density at radius 2 is 1.03 bits per heavy atom. The molecule has 0 unspecified atom stereocenters. The number of aromatic nitrogens is 6. The van der Waals surface area contributed by atoms with Crippen molar-refractivity contribution in [2.24, 2.45) is 11.5 Å². The van der Waals surface area contributed by atoms with Gasteiger partial charge in [0.15, 0.2) is 10.0 Å². The first-order valence-corrected chi connectivity index (χ1v) is 12.8. The molecular formula is C24H34N8S2. The van der Waals surface area contributed by atoms with Gasteiger partial charge in [-0.15, -0.1) is 49.0 Å². The number of hydrogen-bond acceptors (Lipinski definition) is 8. The molecule has 0 aliphatic rings. The highest BCUT2D eigenvalue weighted by Crippen LogP contribution is 2.36. The van der Waals surface area contributed by atoms with E-state index in [0.29, 0.717) is 0 Å². The van der Waals surface area contributed by atoms with Gasteiger partial charge in [-0.2, -0.15) is 0 Å². The van der Waals surface area contributed by atoms with E-state index >= 15 is 0 Å². The second-order valence-corrected chi connectivity index (χ2v) is 9.10. The van der Waals surface area contributed by atoms with Crippen molar-refractivity contribution in [2.45, 2.75) is 38.5 Å². The van der Waals surface area contributed by atoms with Crippen LogP contribution in [0.2, 0.25) is 0 Å². The number of nitrogens with zero attached hydrogens (tertiary/aromatic N) is 4. The molecule has 0 atom stereocenters. The highest BCUT2D eigenvalue weighted by atomic mass is 32.1. The van der Waals surface area contributed by atoms with E-state index in [1.807, 2.05) is 24.8 Å². The predicted octanol–water partition coefficient (Wildman–Crippen LogP) is 5.21. The Morgan fingerprint density at radius 3 is 1.41 bits per heavy atom. The predicted molar refractivity (Wildman–Crippen MR) is 145 cm³/mol. The van der Waals surface area contributed by atoms with Crippen molar-refractivity contribution >= 4 is 22.7 Å². The lowest BCUT2D eigenvalue weighted by Gasteiger charge is -1.95. The number of aryl methyl sites for hydroxylation is 2. The van der Waals surface area contributed by atoms with Crippen molar-refractivity contribution in [3.8, 4) is 31.2 Å². The Kier molecular flexibility index (Phi) is 12.1. The Morgan fingerprint density at radius 1 is 0.618 bits per heavy atom. The fourth-order valence-electron chi connectivity index (χ4n) is 3.10. The topological polar surface area (TPSA) is 135 Å². The fraction of sp³-hybridized carbons (Fsp3) is 0.333. The molecule has 4 rings (SSSR count). The number of aromatic amines is 2. The van der Waals surface area contributed by atoms with E-state index in [-0.39, 0.29) is 0 Å². The summed E-state index contributed by atoms with van der Waals surface area (Å²) in [4.78, 5) is 27.0. The largest absolute Gasteiger partial charge is 0.341 e. The number of imidazole rings is 2. The summed E-state index contributed by atoms with van der Waals surface area (Å²) in [6.07, 6.45) is 13.4. The second-order valence-electron chi connectivity index (χ2n) is 7.04. The molecular weight excluding hydrogens is 464 g/mol. The average Bonchev–Trinajstić information content (AvgIpc) is 3.68. The number of nitrogens with two attached hydrogens (primary N) is 2. The van der Waals surface area contributed by atoms with E-state index in [0.717, 1.165) is 94.4 Å². The van der Waals surface area contributed by atoms with Gasteiger partial charge in [-0.25, -0.2) is 19.9 Å². The summed E-state index contributed by atoms with van der Waals surface area (Å²) in [5, 5.41) is 1.81. The normalized spacial score (nSPS) is 10.3. The molecule has 0 bridgehead atoms. The highest BCUT2D eigenvalue weighted by Gasteiger charge is 2.14. The monoisotopic (exact) mass is 498 g/mol. The molecule has 0 aromatic carbocycles. The van der Waals surface area contributed by atoms with Crippen molar-refractivity contribution in [1.29, 1.82) is 0 Å². The number of nitrogens with one attached hydrogen (secondary N) is 2. The summed E-state index contributed by atoms with van der Waals surface area (Å²) in [5.74, 6) is 1.98. The molecule has 0 spiro atoms. The maximum Gasteiger partial charge on any atom is 0.152 e. The van der Waals surface area contributed by atoms with Gasteiger partial charge in [-0.1, -0.05) is 0 Å². The van der Waals surface area contributed by atoms with Gasteiger partial charge in [0.25, 0.3) is 0 Å². The SMILES string of the molecule is C=C.C=C.NCCCCc1ncc(-c2cnc(-c3ncc(-c4cnc(CCCCN)[nH]4)s3)s2)[nH]1. The standard InChI is InChI=1S/C20H26N8S2.2C2H4/c21-7-3-1-5-17-23-9-13(27-17)15-11-25-19(29-15)20-26-12-16(30-20)14-10-24-18(28-14)6-2-4-8-22;2*1-2/h9-12H,1-8,21-22H2,(H,23,27)(H,24,28);2*1-2H2. The van der Waals surface area contributed by atoms with Crippen molar-refractivity contribution in [3.63, 3.8) is 0 Å². The van der Waals surface area contributed by atoms with Gasteiger partial charge in [-0.05, 0) is 38.8 Å². The molecule has 4 aromatic rings. The molecule has 4 aromatic heterocycles. The van der Waals surface area contributed by atoms with Gasteiger partial charge in [-0.3, -0.25) is 0 Å². The van der Waals surface area contributed by atoms with Crippen LogP contribution in [-0.4, -0.2) is 43.0 Å². The van der Waals surface area contributed by atoms with Gasteiger partial charge in [0.2, 0.25) is 0 Å². The van der Waals surface area contributed by atoms with Crippen LogP contribution in [0.5, 0.6) is 0 Å². The molecule has 6 N–H and O–H groups in total. The first-order valence-electron chi connectivity index (χ1n) is 11.2. The maximum atomic E-state index is 5.56. The Bertz CT molecular complexity index is 1010. The summed E-state index contributed by atoms with van der Waals surface area (Å²) < 4.78 is 0. The number of hydrogen-bond donors (Lipinski definition) is 4. The number of unbranched alkanes of at least 4 members (excludes halogenated alkanes) is 2. The molecule has 0 saturated carbocycles. The number of H-pyrrole nitrogens is 2. The first kappa shape index (κ1) is 27.3. The van der Waals surface area contributed by atoms with Crippen molar-refractivity contribution in [2.75, 3.05) is 13.1 Å². The van der Waals surface area contributed by atoms with Crippen LogP contribution < -0.4 is 11.5 Å². The molecule has 4 heterocycles. The minimum absolute atomic E-state index is 0.718. The third-order valence-electron chi connectivity index (χ3n) is 4.72. The van der Waals surface area contributed by atoms with Gasteiger partial charge >= 0.3 is 0 Å². The highest BCUT2D eigenvalue weighted by molar-refractivity contribution is 7.24. The van der Waals surface area contributed by atoms with E-state index < -0.39 is 0 Å². The minimum atomic E-state index is 0.718. The molecule has 8 nitrogen and oxygen atoms in total. The number of rotatable bonds is 11. The van der Waals surface area contributed by atoms with Crippen LogP contribution >= 0.6 is 22.7 Å². The van der Waals surface area contributed by atoms with E-state index in [1.165, 1.54) is 0 Å². The molecule has 10 heteroatoms. The molecule has 182 valence electrons. The van der Waals surface area contributed by atoms with Crippen LogP contribution in [-0.2, 0) is 12.8 Å². The second kappa shape index (κ2) is 15.1. The molecule has 0 aliphatic heterocycles. The number of thiazole rings is 2. The van der Waals surface area contributed by atoms with Crippen molar-refractivity contribution in [1.82, 2.24) is 29.9 Å². The molecule has 0 amide bonds. The summed E-state index contributed by atoms with van der Waals surface area (Å²) >= 11 is 3.23. The van der Waals surface area contributed by atoms with Crippen LogP contribution in [0.3, 0.4) is 0 Å². The van der Waals surface area contributed by atoms with Crippen LogP contribution in [0.25, 0.3) is 31.2 Å². The van der Waals surface area contributed by atoms with Crippen LogP contribution in [0, 0.1) is 0 Å². The molecule has 34 heavy (non-hydrogen) atoms. The van der Waals surface area contributed by atoms with Gasteiger partial charge in [0.1, 0.15) is 11.6 Å².